The van der Waals surface area contributed by atoms with Gasteiger partial charge in [-0.3, -0.25) is 0 Å². The topological polar surface area (TPSA) is 20.7 Å². The molecule has 0 unspecified atom stereocenters. The van der Waals surface area contributed by atoms with Crippen molar-refractivity contribution in [3.8, 4) is 0 Å². The fourth-order valence-corrected chi connectivity index (χ4v) is 2.50. The first-order chi connectivity index (χ1) is 9.56. The Kier molecular flexibility index (Phi) is 3.31. The quantitative estimate of drug-likeness (QED) is 0.682. The van der Waals surface area contributed by atoms with Crippen molar-refractivity contribution in [3.63, 3.8) is 0 Å². The van der Waals surface area contributed by atoms with Gasteiger partial charge in [-0.2, -0.15) is 0 Å². The van der Waals surface area contributed by atoms with Gasteiger partial charge in [0, 0.05) is 5.02 Å². The van der Waals surface area contributed by atoms with E-state index in [0.29, 0.717) is 21.9 Å². The third-order valence-corrected chi connectivity index (χ3v) is 3.65. The van der Waals surface area contributed by atoms with E-state index in [1.54, 1.807) is 12.1 Å². The number of aromatic nitrogens is 2. The minimum Gasteiger partial charge on any atom is -0.330 e. The van der Waals surface area contributed by atoms with Crippen molar-refractivity contribution in [2.45, 2.75) is 6.54 Å². The van der Waals surface area contributed by atoms with Crippen LogP contribution in [0.15, 0.2) is 36.4 Å². The number of nitrogens with zero attached hydrogens (tertiary/aromatic N) is 1. The Hall–Kier alpha value is -1.72. The second-order valence-electron chi connectivity index (χ2n) is 4.40. The Morgan fingerprint density at radius 3 is 2.50 bits per heavy atom. The van der Waals surface area contributed by atoms with E-state index in [-0.39, 0.29) is 5.52 Å². The van der Waals surface area contributed by atoms with Crippen molar-refractivity contribution in [1.29, 1.82) is 0 Å². The van der Waals surface area contributed by atoms with Gasteiger partial charge in [-0.25, -0.2) is 8.78 Å². The predicted molar refractivity (Wildman–Crippen MR) is 77.6 cm³/mol. The molecule has 0 aliphatic rings. The lowest BCUT2D eigenvalue weighted by atomic mass is 10.2. The van der Waals surface area contributed by atoms with Crippen molar-refractivity contribution >= 4 is 34.9 Å². The minimum atomic E-state index is -0.899. The molecule has 102 valence electrons. The summed E-state index contributed by atoms with van der Waals surface area (Å²) in [4.78, 5) is 2.87. The molecule has 6 heteroatoms. The van der Waals surface area contributed by atoms with E-state index in [0.717, 1.165) is 11.6 Å². The zero-order chi connectivity index (χ0) is 14.3. The number of rotatable bonds is 2. The maximum absolute atomic E-state index is 14.0. The number of hydrogen-bond donors (Lipinski definition) is 1. The Morgan fingerprint density at radius 1 is 1.10 bits per heavy atom. The van der Waals surface area contributed by atoms with Gasteiger partial charge in [0.05, 0.1) is 12.1 Å². The summed E-state index contributed by atoms with van der Waals surface area (Å²) in [7, 11) is 0. The predicted octanol–water partition coefficient (Wildman–Crippen LogP) is 4.68. The minimum absolute atomic E-state index is 0.143. The maximum atomic E-state index is 14.0. The largest absolute Gasteiger partial charge is 0.330 e. The molecule has 0 amide bonds. The summed E-state index contributed by atoms with van der Waals surface area (Å²) in [6.45, 7) is 0.344. The van der Waals surface area contributed by atoms with Gasteiger partial charge in [0.1, 0.15) is 5.52 Å². The molecule has 0 radical (unpaired) electrons. The van der Waals surface area contributed by atoms with Crippen molar-refractivity contribution in [1.82, 2.24) is 9.55 Å². The molecule has 0 saturated carbocycles. The van der Waals surface area contributed by atoms with Crippen molar-refractivity contribution < 1.29 is 8.78 Å². The molecule has 2 nitrogen and oxygen atoms in total. The summed E-state index contributed by atoms with van der Waals surface area (Å²) < 4.78 is 29.2. The standard InChI is InChI=1S/C14H9ClF2N2S/c15-9-3-1-8(2-4-9)7-19-13-11(18-14(19)20)6-5-10(16)12(13)17/h1-6H,7H2,(H,18,20). The third-order valence-electron chi connectivity index (χ3n) is 3.08. The van der Waals surface area contributed by atoms with Gasteiger partial charge in [0.25, 0.3) is 0 Å². The number of nitrogens with one attached hydrogen (secondary N) is 1. The summed E-state index contributed by atoms with van der Waals surface area (Å²) in [5, 5.41) is 0.619. The molecular formula is C14H9ClF2N2S. The molecule has 0 atom stereocenters. The number of imidazole rings is 1. The van der Waals surface area contributed by atoms with E-state index >= 15 is 0 Å². The summed E-state index contributed by atoms with van der Waals surface area (Å²) >= 11 is 11.0. The van der Waals surface area contributed by atoms with Gasteiger partial charge < -0.3 is 9.55 Å². The molecule has 20 heavy (non-hydrogen) atoms. The third kappa shape index (κ3) is 2.23. The van der Waals surface area contributed by atoms with Crippen LogP contribution < -0.4 is 0 Å². The molecule has 0 saturated heterocycles. The molecule has 3 aromatic rings. The summed E-state index contributed by atoms with van der Waals surface area (Å²) in [6.07, 6.45) is 0. The van der Waals surface area contributed by atoms with Crippen molar-refractivity contribution in [2.75, 3.05) is 0 Å². The Bertz CT molecular complexity index is 837. The van der Waals surface area contributed by atoms with Gasteiger partial charge in [-0.05, 0) is 42.0 Å². The molecule has 0 aliphatic heterocycles. The number of H-pyrrole nitrogens is 1. The van der Waals surface area contributed by atoms with E-state index in [4.69, 9.17) is 23.8 Å². The molecule has 0 fully saturated rings. The SMILES string of the molecule is Fc1ccc2[nH]c(=S)n(Cc3ccc(Cl)cc3)c2c1F. The van der Waals surface area contributed by atoms with Crippen LogP contribution in [0.2, 0.25) is 5.02 Å². The van der Waals surface area contributed by atoms with Crippen molar-refractivity contribution in [2.24, 2.45) is 0 Å². The van der Waals surface area contributed by atoms with Crippen LogP contribution in [0.4, 0.5) is 8.78 Å². The van der Waals surface area contributed by atoms with Crippen LogP contribution in [0.1, 0.15) is 5.56 Å². The van der Waals surface area contributed by atoms with E-state index in [1.807, 2.05) is 12.1 Å². The zero-order valence-corrected chi connectivity index (χ0v) is 11.7. The summed E-state index contributed by atoms with van der Waals surface area (Å²) in [5.74, 6) is -1.79. The van der Waals surface area contributed by atoms with Crippen LogP contribution in [0.3, 0.4) is 0 Å². The Balaban J connectivity index is 2.16. The maximum Gasteiger partial charge on any atom is 0.184 e. The lowest BCUT2D eigenvalue weighted by Crippen LogP contribution is -2.01. The molecule has 1 N–H and O–H groups in total. The van der Waals surface area contributed by atoms with Crippen LogP contribution >= 0.6 is 23.8 Å². The lowest BCUT2D eigenvalue weighted by molar-refractivity contribution is 0.512. The normalized spacial score (nSPS) is 11.2. The number of aromatic amines is 1. The molecule has 1 aromatic heterocycles. The van der Waals surface area contributed by atoms with Crippen molar-refractivity contribution in [3.05, 3.63) is 63.4 Å². The molecule has 0 bridgehead atoms. The lowest BCUT2D eigenvalue weighted by Gasteiger charge is -2.06. The molecular weight excluding hydrogens is 302 g/mol. The first-order valence-corrected chi connectivity index (χ1v) is 6.66. The van der Waals surface area contributed by atoms with E-state index in [2.05, 4.69) is 4.98 Å². The summed E-state index contributed by atoms with van der Waals surface area (Å²) in [6, 6.07) is 9.68. The van der Waals surface area contributed by atoms with Crippen LogP contribution in [0.5, 0.6) is 0 Å². The average molecular weight is 311 g/mol. The first kappa shape index (κ1) is 13.3. The molecule has 3 rings (SSSR count). The van der Waals surface area contributed by atoms with E-state index in [9.17, 15) is 8.78 Å². The van der Waals surface area contributed by atoms with Gasteiger partial charge in [0.2, 0.25) is 0 Å². The van der Waals surface area contributed by atoms with E-state index in [1.165, 1.54) is 10.6 Å². The number of halogens is 3. The smallest absolute Gasteiger partial charge is 0.184 e. The molecule has 2 aromatic carbocycles. The fourth-order valence-electron chi connectivity index (χ4n) is 2.11. The highest BCUT2D eigenvalue weighted by Crippen LogP contribution is 2.22. The zero-order valence-electron chi connectivity index (χ0n) is 10.2. The van der Waals surface area contributed by atoms with Crippen LogP contribution in [-0.4, -0.2) is 9.55 Å². The highest BCUT2D eigenvalue weighted by molar-refractivity contribution is 7.71. The number of fused-ring (bicyclic) bond motifs is 1. The highest BCUT2D eigenvalue weighted by atomic mass is 35.5. The monoisotopic (exact) mass is 310 g/mol. The van der Waals surface area contributed by atoms with Gasteiger partial charge in [-0.15, -0.1) is 0 Å². The van der Waals surface area contributed by atoms with Gasteiger partial charge in [-0.1, -0.05) is 23.7 Å². The second kappa shape index (κ2) is 5.00. The van der Waals surface area contributed by atoms with Crippen LogP contribution in [0, 0.1) is 16.4 Å². The Labute approximate surface area is 123 Å². The average Bonchev–Trinajstić information content (AvgIpc) is 2.74. The van der Waals surface area contributed by atoms with Crippen LogP contribution in [0.25, 0.3) is 11.0 Å². The molecule has 0 aliphatic carbocycles. The van der Waals surface area contributed by atoms with Gasteiger partial charge >= 0.3 is 0 Å². The van der Waals surface area contributed by atoms with E-state index < -0.39 is 11.6 Å². The first-order valence-electron chi connectivity index (χ1n) is 5.87. The Morgan fingerprint density at radius 2 is 1.80 bits per heavy atom. The number of hydrogen-bond acceptors (Lipinski definition) is 1. The fraction of sp³-hybridized carbons (Fsp3) is 0.0714. The number of benzene rings is 2. The molecule has 0 spiro atoms. The molecule has 1 heterocycles. The second-order valence-corrected chi connectivity index (χ2v) is 5.22. The summed E-state index contributed by atoms with van der Waals surface area (Å²) in [5.41, 5.74) is 1.52. The van der Waals surface area contributed by atoms with Crippen LogP contribution in [-0.2, 0) is 6.54 Å². The van der Waals surface area contributed by atoms with Gasteiger partial charge in [0.15, 0.2) is 16.4 Å². The highest BCUT2D eigenvalue weighted by Gasteiger charge is 2.13.